The summed E-state index contributed by atoms with van der Waals surface area (Å²) in [6.45, 7) is -1.75. The first-order valence-corrected chi connectivity index (χ1v) is 8.31. The number of benzene rings is 2. The Labute approximate surface area is 175 Å². The summed E-state index contributed by atoms with van der Waals surface area (Å²) < 4.78 is 35.0. The molecular weight excluding hydrogens is 445 g/mol. The van der Waals surface area contributed by atoms with E-state index in [9.17, 15) is 10.2 Å². The number of methoxy groups -OCH3 is 2. The Morgan fingerprint density at radius 2 is 1.77 bits per heavy atom. The van der Waals surface area contributed by atoms with Crippen molar-refractivity contribution < 1.29 is 52.3 Å². The average Bonchev–Trinajstić information content (AvgIpc) is 2.65. The number of rotatable bonds is 2. The van der Waals surface area contributed by atoms with Crippen LogP contribution in [0.1, 0.15) is 26.8 Å². The van der Waals surface area contributed by atoms with Crippen LogP contribution in [0.4, 0.5) is 0 Å². The fourth-order valence-electron chi connectivity index (χ4n) is 4.24. The number of halogens is 1. The highest BCUT2D eigenvalue weighted by Crippen LogP contribution is 2.56. The van der Waals surface area contributed by atoms with E-state index in [1.807, 2.05) is 6.07 Å². The molecule has 1 heterocycles. The van der Waals surface area contributed by atoms with E-state index in [0.29, 0.717) is 42.0 Å². The molecule has 0 radical (unpaired) electrons. The summed E-state index contributed by atoms with van der Waals surface area (Å²) in [5, 5.41) is 21.8. The average molecular weight is 472 g/mol. The SMILES string of the molecule is [2H]C([2H])([2H])[N+]1(C)CCc2cc(OC)c(O)c3c2[C@@H]1Cc1ccc(OC)c(O)c1-3.[I-]. The van der Waals surface area contributed by atoms with E-state index in [1.54, 1.807) is 19.2 Å². The molecule has 26 heavy (non-hydrogen) atoms. The summed E-state index contributed by atoms with van der Waals surface area (Å²) in [7, 11) is 4.70. The fourth-order valence-corrected chi connectivity index (χ4v) is 4.24. The van der Waals surface area contributed by atoms with Crippen LogP contribution in [0.5, 0.6) is 23.0 Å². The largest absolute Gasteiger partial charge is 1.00 e. The Morgan fingerprint density at radius 3 is 2.42 bits per heavy atom. The van der Waals surface area contributed by atoms with Crippen molar-refractivity contribution >= 4 is 0 Å². The summed E-state index contributed by atoms with van der Waals surface area (Å²) in [6.07, 6.45) is 0.998. The van der Waals surface area contributed by atoms with E-state index in [-0.39, 0.29) is 46.0 Å². The minimum atomic E-state index is -2.21. The lowest BCUT2D eigenvalue weighted by Crippen LogP contribution is -3.00. The molecule has 2 aliphatic rings. The molecule has 0 amide bonds. The number of hydrogen-bond donors (Lipinski definition) is 2. The summed E-state index contributed by atoms with van der Waals surface area (Å²) in [6, 6.07) is 4.92. The van der Waals surface area contributed by atoms with E-state index >= 15 is 0 Å². The van der Waals surface area contributed by atoms with Gasteiger partial charge < -0.3 is 48.1 Å². The Kier molecular flexibility index (Phi) is 3.84. The number of phenols is 2. The number of quaternary nitrogens is 1. The van der Waals surface area contributed by atoms with Crippen molar-refractivity contribution in [3.8, 4) is 34.1 Å². The second-order valence-electron chi connectivity index (χ2n) is 6.99. The summed E-state index contributed by atoms with van der Waals surface area (Å²) >= 11 is 0. The monoisotopic (exact) mass is 472 g/mol. The minimum Gasteiger partial charge on any atom is -1.00 e. The van der Waals surface area contributed by atoms with E-state index in [2.05, 4.69) is 0 Å². The zero-order valence-electron chi connectivity index (χ0n) is 18.0. The minimum absolute atomic E-state index is 0. The van der Waals surface area contributed by atoms with Crippen molar-refractivity contribution in [1.29, 1.82) is 0 Å². The van der Waals surface area contributed by atoms with Gasteiger partial charge in [-0.05, 0) is 23.3 Å². The Bertz CT molecular complexity index is 979. The van der Waals surface area contributed by atoms with Crippen molar-refractivity contribution in [2.75, 3.05) is 34.8 Å². The predicted octanol–water partition coefficient (Wildman–Crippen LogP) is 0.0157. The lowest BCUT2D eigenvalue weighted by atomic mass is 9.75. The molecule has 1 aliphatic carbocycles. The molecule has 1 unspecified atom stereocenters. The number of hydrogen-bond acceptors (Lipinski definition) is 4. The zero-order chi connectivity index (χ0) is 20.4. The smallest absolute Gasteiger partial charge is 0.166 e. The van der Waals surface area contributed by atoms with Gasteiger partial charge in [-0.3, -0.25) is 0 Å². The van der Waals surface area contributed by atoms with Gasteiger partial charge >= 0.3 is 0 Å². The predicted molar refractivity (Wildman–Crippen MR) is 95.4 cm³/mol. The number of ether oxygens (including phenoxy) is 2. The second kappa shape index (κ2) is 6.49. The van der Waals surface area contributed by atoms with Gasteiger partial charge in [-0.15, -0.1) is 0 Å². The highest BCUT2D eigenvalue weighted by Gasteiger charge is 2.44. The van der Waals surface area contributed by atoms with Crippen molar-refractivity contribution in [3.63, 3.8) is 0 Å². The Hall–Kier alpha value is -1.67. The molecule has 5 nitrogen and oxygen atoms in total. The maximum absolute atomic E-state index is 11.0. The summed E-state index contributed by atoms with van der Waals surface area (Å²) in [5.41, 5.74) is 3.44. The molecule has 0 saturated heterocycles. The third-order valence-corrected chi connectivity index (χ3v) is 5.59. The van der Waals surface area contributed by atoms with E-state index in [1.165, 1.54) is 14.2 Å². The number of likely N-dealkylation sites (N-methyl/N-ethyl adjacent to an activating group) is 1. The number of fused-ring (bicyclic) bond motifs is 2. The lowest BCUT2D eigenvalue weighted by molar-refractivity contribution is -0.923. The Morgan fingerprint density at radius 1 is 1.08 bits per heavy atom. The van der Waals surface area contributed by atoms with Crippen LogP contribution in [0.2, 0.25) is 0 Å². The van der Waals surface area contributed by atoms with Crippen molar-refractivity contribution in [2.24, 2.45) is 0 Å². The van der Waals surface area contributed by atoms with Gasteiger partial charge in [-0.2, -0.15) is 0 Å². The first kappa shape index (κ1) is 15.4. The molecule has 0 saturated carbocycles. The lowest BCUT2D eigenvalue weighted by Gasteiger charge is -2.46. The topological polar surface area (TPSA) is 58.9 Å². The molecule has 1 aliphatic heterocycles. The van der Waals surface area contributed by atoms with Crippen LogP contribution in [0.25, 0.3) is 11.1 Å². The van der Waals surface area contributed by atoms with Gasteiger partial charge in [0.05, 0.1) is 38.9 Å². The maximum atomic E-state index is 11.0. The third kappa shape index (κ3) is 2.53. The molecule has 0 bridgehead atoms. The molecule has 6 heteroatoms. The van der Waals surface area contributed by atoms with Crippen LogP contribution in [0.15, 0.2) is 18.2 Å². The number of nitrogens with zero attached hydrogens (tertiary/aromatic N) is 1. The molecule has 4 rings (SSSR count). The molecular formula is C20H24INO4. The zero-order valence-corrected chi connectivity index (χ0v) is 17.1. The van der Waals surface area contributed by atoms with Gasteiger partial charge in [0.1, 0.15) is 6.04 Å². The molecule has 0 fully saturated rings. The van der Waals surface area contributed by atoms with Crippen LogP contribution >= 0.6 is 0 Å². The van der Waals surface area contributed by atoms with Gasteiger partial charge in [0.15, 0.2) is 23.0 Å². The van der Waals surface area contributed by atoms with E-state index < -0.39 is 6.98 Å². The van der Waals surface area contributed by atoms with Gasteiger partial charge in [0, 0.05) is 29.5 Å². The van der Waals surface area contributed by atoms with Crippen molar-refractivity contribution in [3.05, 3.63) is 34.9 Å². The number of aromatic hydroxyl groups is 2. The highest BCUT2D eigenvalue weighted by atomic mass is 127. The first-order valence-electron chi connectivity index (χ1n) is 9.81. The van der Waals surface area contributed by atoms with Crippen LogP contribution in [-0.4, -0.2) is 49.5 Å². The summed E-state index contributed by atoms with van der Waals surface area (Å²) in [5.74, 6) is 0.470. The third-order valence-electron chi connectivity index (χ3n) is 5.59. The quantitative estimate of drug-likeness (QED) is 0.478. The van der Waals surface area contributed by atoms with Crippen LogP contribution in [0, 0.1) is 0 Å². The molecule has 2 aromatic carbocycles. The molecule has 0 spiro atoms. The fraction of sp³-hybridized carbons (Fsp3) is 0.400. The van der Waals surface area contributed by atoms with E-state index in [4.69, 9.17) is 13.6 Å². The van der Waals surface area contributed by atoms with Gasteiger partial charge in [-0.25, -0.2) is 0 Å². The van der Waals surface area contributed by atoms with Crippen LogP contribution in [-0.2, 0) is 12.8 Å². The molecule has 2 aromatic rings. The van der Waals surface area contributed by atoms with Crippen LogP contribution in [0.3, 0.4) is 0 Å². The van der Waals surface area contributed by atoms with Crippen molar-refractivity contribution in [1.82, 2.24) is 0 Å². The Balaban J connectivity index is 0.00000240. The standard InChI is InChI=1S/C20H23NO4.HI/c1-21(2)8-7-12-10-15(25-4)20(23)18-16(12)13(21)9-11-5-6-14(24-3)19(22)17(11)18;/h5-6,10,13H,7-9H2,1-4H3,(H-,22,23);1H/t13-;/m0./s1/i1D3;/t13-,21?;. The molecule has 140 valence electrons. The number of phenolic OH excluding ortho intramolecular Hbond substituents is 2. The summed E-state index contributed by atoms with van der Waals surface area (Å²) in [4.78, 5) is 0. The first-order chi connectivity index (χ1) is 13.1. The van der Waals surface area contributed by atoms with Gasteiger partial charge in [-0.1, -0.05) is 6.07 Å². The highest BCUT2D eigenvalue weighted by molar-refractivity contribution is 5.87. The second-order valence-corrected chi connectivity index (χ2v) is 6.99. The van der Waals surface area contributed by atoms with E-state index in [0.717, 1.165) is 16.7 Å². The molecule has 2 atom stereocenters. The van der Waals surface area contributed by atoms with Crippen LogP contribution < -0.4 is 33.5 Å². The normalized spacial score (nSPS) is 24.9. The maximum Gasteiger partial charge on any atom is 0.166 e. The molecule has 2 N–H and O–H groups in total. The van der Waals surface area contributed by atoms with Crippen molar-refractivity contribution in [2.45, 2.75) is 18.9 Å². The van der Waals surface area contributed by atoms with Gasteiger partial charge in [0.2, 0.25) is 0 Å². The molecule has 0 aromatic heterocycles. The van der Waals surface area contributed by atoms with Gasteiger partial charge in [0.25, 0.3) is 0 Å².